The van der Waals surface area contributed by atoms with Gasteiger partial charge in [-0.1, -0.05) is 6.58 Å². The zero-order valence-corrected chi connectivity index (χ0v) is 14.5. The molecule has 0 bridgehead atoms. The molecule has 0 saturated carbocycles. The van der Waals surface area contributed by atoms with Gasteiger partial charge in [0.2, 0.25) is 11.8 Å². The maximum Gasteiger partial charge on any atom is 0.246 e. The van der Waals surface area contributed by atoms with E-state index < -0.39 is 0 Å². The lowest BCUT2D eigenvalue weighted by atomic mass is 9.84. The molecular weight excluding hydrogens is 324 g/mol. The molecule has 6 heteroatoms. The molecule has 2 amide bonds. The third-order valence-corrected chi connectivity index (χ3v) is 6.65. The van der Waals surface area contributed by atoms with E-state index in [0.717, 1.165) is 39.0 Å². The summed E-state index contributed by atoms with van der Waals surface area (Å²) >= 11 is 1.79. The van der Waals surface area contributed by atoms with Crippen molar-refractivity contribution in [3.63, 3.8) is 0 Å². The van der Waals surface area contributed by atoms with E-state index in [4.69, 9.17) is 4.74 Å². The van der Waals surface area contributed by atoms with E-state index in [1.54, 1.807) is 16.2 Å². The Labute approximate surface area is 145 Å². The molecule has 0 aliphatic carbocycles. The van der Waals surface area contributed by atoms with Gasteiger partial charge in [-0.05, 0) is 42.3 Å². The molecular formula is C18H22N2O3S. The summed E-state index contributed by atoms with van der Waals surface area (Å²) in [6.45, 7) is 6.79. The van der Waals surface area contributed by atoms with Crippen LogP contribution in [-0.4, -0.2) is 54.4 Å². The second-order valence-electron chi connectivity index (χ2n) is 6.84. The minimum absolute atomic E-state index is 0.0486. The molecule has 0 atom stereocenters. The number of hydrogen-bond donors (Lipinski definition) is 0. The highest BCUT2D eigenvalue weighted by atomic mass is 32.1. The van der Waals surface area contributed by atoms with Gasteiger partial charge >= 0.3 is 0 Å². The van der Waals surface area contributed by atoms with Crippen molar-refractivity contribution in [2.75, 3.05) is 32.8 Å². The van der Waals surface area contributed by atoms with Gasteiger partial charge in [-0.25, -0.2) is 0 Å². The molecule has 0 unspecified atom stereocenters. The Balaban J connectivity index is 1.37. The number of amides is 2. The van der Waals surface area contributed by atoms with E-state index in [9.17, 15) is 9.59 Å². The van der Waals surface area contributed by atoms with Crippen LogP contribution in [0.2, 0.25) is 0 Å². The van der Waals surface area contributed by atoms with Crippen molar-refractivity contribution in [1.29, 1.82) is 0 Å². The average molecular weight is 346 g/mol. The van der Waals surface area contributed by atoms with Gasteiger partial charge in [0.1, 0.15) is 5.60 Å². The molecule has 2 saturated heterocycles. The van der Waals surface area contributed by atoms with Crippen LogP contribution in [0.15, 0.2) is 24.1 Å². The van der Waals surface area contributed by atoms with Crippen LogP contribution in [0.5, 0.6) is 0 Å². The lowest BCUT2D eigenvalue weighted by molar-refractivity contribution is -0.152. The van der Waals surface area contributed by atoms with Gasteiger partial charge in [-0.3, -0.25) is 9.59 Å². The molecule has 1 aromatic heterocycles. The summed E-state index contributed by atoms with van der Waals surface area (Å²) in [7, 11) is 0. The van der Waals surface area contributed by atoms with Crippen LogP contribution in [0.4, 0.5) is 0 Å². The van der Waals surface area contributed by atoms with Gasteiger partial charge in [0, 0.05) is 31.1 Å². The van der Waals surface area contributed by atoms with E-state index in [2.05, 4.69) is 18.0 Å². The molecule has 2 fully saturated rings. The highest BCUT2D eigenvalue weighted by Crippen LogP contribution is 2.44. The zero-order chi connectivity index (χ0) is 16.7. The van der Waals surface area contributed by atoms with Crippen molar-refractivity contribution in [1.82, 2.24) is 9.80 Å². The summed E-state index contributed by atoms with van der Waals surface area (Å²) in [4.78, 5) is 29.1. The van der Waals surface area contributed by atoms with E-state index >= 15 is 0 Å². The Morgan fingerprint density at radius 2 is 2.04 bits per heavy atom. The molecule has 4 rings (SSSR count). The smallest absolute Gasteiger partial charge is 0.246 e. The normalized spacial score (nSPS) is 22.8. The average Bonchev–Trinajstić information content (AvgIpc) is 3.04. The van der Waals surface area contributed by atoms with Crippen molar-refractivity contribution in [2.45, 2.75) is 24.9 Å². The van der Waals surface area contributed by atoms with Gasteiger partial charge in [-0.2, -0.15) is 0 Å². The summed E-state index contributed by atoms with van der Waals surface area (Å²) in [5.41, 5.74) is 1.24. The molecule has 3 aliphatic rings. The minimum Gasteiger partial charge on any atom is -0.369 e. The maximum absolute atomic E-state index is 12.6. The van der Waals surface area contributed by atoms with Crippen molar-refractivity contribution in [2.24, 2.45) is 5.92 Å². The fraction of sp³-hybridized carbons (Fsp3) is 0.556. The number of ether oxygens (including phenoxy) is 1. The number of thiophene rings is 1. The first-order valence-corrected chi connectivity index (χ1v) is 9.42. The molecule has 5 nitrogen and oxygen atoms in total. The Morgan fingerprint density at radius 3 is 2.75 bits per heavy atom. The number of nitrogens with zero attached hydrogens (tertiary/aromatic N) is 2. The molecule has 1 spiro atoms. The summed E-state index contributed by atoms with van der Waals surface area (Å²) in [5, 5.41) is 2.15. The molecule has 0 N–H and O–H groups in total. The SMILES string of the molecule is C=CC(=O)N1CC(C(=O)N2CCC3(CC2)OCCc2ccsc23)C1. The maximum atomic E-state index is 12.6. The molecule has 0 radical (unpaired) electrons. The van der Waals surface area contributed by atoms with Gasteiger partial charge in [0.25, 0.3) is 0 Å². The number of likely N-dealkylation sites (tertiary alicyclic amines) is 2. The Hall–Kier alpha value is -1.66. The van der Waals surface area contributed by atoms with Crippen LogP contribution in [0, 0.1) is 5.92 Å². The monoisotopic (exact) mass is 346 g/mol. The lowest BCUT2D eigenvalue weighted by Crippen LogP contribution is -2.58. The van der Waals surface area contributed by atoms with Crippen LogP contribution in [0.25, 0.3) is 0 Å². The van der Waals surface area contributed by atoms with E-state index in [1.165, 1.54) is 16.5 Å². The van der Waals surface area contributed by atoms with E-state index in [-0.39, 0.29) is 23.3 Å². The van der Waals surface area contributed by atoms with Crippen LogP contribution in [0.3, 0.4) is 0 Å². The molecule has 3 aliphatic heterocycles. The summed E-state index contributed by atoms with van der Waals surface area (Å²) in [6, 6.07) is 2.21. The van der Waals surface area contributed by atoms with Crippen LogP contribution in [-0.2, 0) is 26.3 Å². The first-order valence-electron chi connectivity index (χ1n) is 8.54. The Morgan fingerprint density at radius 1 is 1.29 bits per heavy atom. The lowest BCUT2D eigenvalue weighted by Gasteiger charge is -2.46. The Kier molecular flexibility index (Phi) is 3.96. The van der Waals surface area contributed by atoms with Gasteiger partial charge in [0.05, 0.1) is 12.5 Å². The number of fused-ring (bicyclic) bond motifs is 2. The molecule has 24 heavy (non-hydrogen) atoms. The molecule has 0 aromatic carbocycles. The van der Waals surface area contributed by atoms with Crippen LogP contribution >= 0.6 is 11.3 Å². The second kappa shape index (κ2) is 6.01. The van der Waals surface area contributed by atoms with Crippen molar-refractivity contribution >= 4 is 23.2 Å². The molecule has 1 aromatic rings. The topological polar surface area (TPSA) is 49.9 Å². The number of hydrogen-bond acceptors (Lipinski definition) is 4. The van der Waals surface area contributed by atoms with Crippen LogP contribution < -0.4 is 0 Å². The zero-order valence-electron chi connectivity index (χ0n) is 13.7. The largest absolute Gasteiger partial charge is 0.369 e. The summed E-state index contributed by atoms with van der Waals surface area (Å²) < 4.78 is 6.19. The van der Waals surface area contributed by atoms with E-state index in [0.29, 0.717) is 13.1 Å². The van der Waals surface area contributed by atoms with Crippen molar-refractivity contribution in [3.8, 4) is 0 Å². The Bertz CT molecular complexity index is 670. The standard InChI is InChI=1S/C18H22N2O3S/c1-2-15(21)20-11-14(12-20)17(22)19-7-5-18(6-8-19)16-13(3-9-23-18)4-10-24-16/h2,4,10,14H,1,3,5-9,11-12H2. The predicted octanol–water partition coefficient (Wildman–Crippen LogP) is 1.78. The fourth-order valence-corrected chi connectivity index (χ4v) is 5.18. The summed E-state index contributed by atoms with van der Waals surface area (Å²) in [5.74, 6) is 0.0465. The minimum atomic E-state index is -0.178. The number of carbonyl (C=O) groups excluding carboxylic acids is 2. The highest BCUT2D eigenvalue weighted by Gasteiger charge is 2.44. The first-order chi connectivity index (χ1) is 11.6. The van der Waals surface area contributed by atoms with Gasteiger partial charge in [-0.15, -0.1) is 11.3 Å². The quantitative estimate of drug-likeness (QED) is 0.767. The third kappa shape index (κ3) is 2.48. The van der Waals surface area contributed by atoms with Crippen molar-refractivity contribution < 1.29 is 14.3 Å². The molecule has 128 valence electrons. The summed E-state index contributed by atoms with van der Waals surface area (Å²) in [6.07, 6.45) is 4.05. The third-order valence-electron chi connectivity index (χ3n) is 5.51. The highest BCUT2D eigenvalue weighted by molar-refractivity contribution is 7.10. The number of carbonyl (C=O) groups is 2. The number of piperidine rings is 1. The van der Waals surface area contributed by atoms with Gasteiger partial charge in [0.15, 0.2) is 0 Å². The van der Waals surface area contributed by atoms with Crippen LogP contribution in [0.1, 0.15) is 23.3 Å². The van der Waals surface area contributed by atoms with Gasteiger partial charge < -0.3 is 14.5 Å². The molecule has 4 heterocycles. The number of rotatable bonds is 2. The van der Waals surface area contributed by atoms with E-state index in [1.807, 2.05) is 4.90 Å². The fourth-order valence-electron chi connectivity index (χ4n) is 4.02. The van der Waals surface area contributed by atoms with Crippen molar-refractivity contribution in [3.05, 3.63) is 34.5 Å². The first kappa shape index (κ1) is 15.8. The predicted molar refractivity (Wildman–Crippen MR) is 91.7 cm³/mol. The second-order valence-corrected chi connectivity index (χ2v) is 7.75.